The van der Waals surface area contributed by atoms with Gasteiger partial charge in [-0.1, -0.05) is 0 Å². The summed E-state index contributed by atoms with van der Waals surface area (Å²) < 4.78 is 0. The van der Waals surface area contributed by atoms with Crippen LogP contribution in [0.15, 0.2) is 6.20 Å². The third kappa shape index (κ3) is 3.35. The highest BCUT2D eigenvalue weighted by Gasteiger charge is 2.29. The molecular weight excluding hydrogens is 242 g/mol. The van der Waals surface area contributed by atoms with E-state index in [0.717, 1.165) is 37.4 Å². The predicted molar refractivity (Wildman–Crippen MR) is 73.2 cm³/mol. The molecule has 1 aromatic heterocycles. The van der Waals surface area contributed by atoms with Crippen LogP contribution < -0.4 is 0 Å². The molecule has 0 atom stereocenters. The molecule has 1 aliphatic heterocycles. The van der Waals surface area contributed by atoms with Crippen LogP contribution in [0.25, 0.3) is 0 Å². The van der Waals surface area contributed by atoms with Crippen molar-refractivity contribution in [1.82, 2.24) is 14.9 Å². The average Bonchev–Trinajstić information content (AvgIpc) is 2.77. The summed E-state index contributed by atoms with van der Waals surface area (Å²) in [7, 11) is 2.14. The van der Waals surface area contributed by atoms with E-state index < -0.39 is 11.4 Å². The van der Waals surface area contributed by atoms with Gasteiger partial charge in [-0.3, -0.25) is 4.79 Å². The number of H-pyrrole nitrogens is 1. The number of carboxylic acid groups (broad SMARTS) is 1. The van der Waals surface area contributed by atoms with Gasteiger partial charge in [0, 0.05) is 24.2 Å². The summed E-state index contributed by atoms with van der Waals surface area (Å²) in [4.78, 5) is 21.1. The molecule has 2 rings (SSSR count). The van der Waals surface area contributed by atoms with Crippen LogP contribution in [0.5, 0.6) is 0 Å². The lowest BCUT2D eigenvalue weighted by molar-refractivity contribution is -0.146. The first kappa shape index (κ1) is 14.1. The smallest absolute Gasteiger partial charge is 0.309 e. The number of rotatable bonds is 4. The second-order valence-electron chi connectivity index (χ2n) is 6.23. The van der Waals surface area contributed by atoms with Gasteiger partial charge < -0.3 is 15.0 Å². The highest BCUT2D eigenvalue weighted by atomic mass is 16.4. The minimum absolute atomic E-state index is 0.439. The number of likely N-dealkylation sites (tertiary alicyclic amines) is 1. The topological polar surface area (TPSA) is 69.2 Å². The number of aromatic nitrogens is 2. The molecule has 0 aliphatic carbocycles. The number of nitrogens with one attached hydrogen (secondary N) is 1. The molecule has 2 heterocycles. The van der Waals surface area contributed by atoms with E-state index in [9.17, 15) is 4.79 Å². The molecule has 1 saturated heterocycles. The number of piperidine rings is 1. The second kappa shape index (κ2) is 5.33. The summed E-state index contributed by atoms with van der Waals surface area (Å²) in [5.74, 6) is 0.524. The fourth-order valence-electron chi connectivity index (χ4n) is 2.49. The number of nitrogens with zero attached hydrogens (tertiary/aromatic N) is 2. The molecular formula is C14H23N3O2. The van der Waals surface area contributed by atoms with Crippen molar-refractivity contribution in [2.45, 2.75) is 39.0 Å². The molecule has 106 valence electrons. The van der Waals surface area contributed by atoms with E-state index in [2.05, 4.69) is 21.9 Å². The molecule has 0 aromatic carbocycles. The van der Waals surface area contributed by atoms with E-state index in [-0.39, 0.29) is 0 Å². The zero-order valence-corrected chi connectivity index (χ0v) is 11.9. The van der Waals surface area contributed by atoms with E-state index >= 15 is 0 Å². The Balaban J connectivity index is 2.01. The van der Waals surface area contributed by atoms with Crippen LogP contribution in [0, 0.1) is 5.41 Å². The molecule has 0 radical (unpaired) electrons. The Hall–Kier alpha value is -1.36. The van der Waals surface area contributed by atoms with E-state index in [1.807, 2.05) is 6.20 Å². The highest BCUT2D eigenvalue weighted by molar-refractivity contribution is 5.73. The lowest BCUT2D eigenvalue weighted by Gasteiger charge is -2.28. The van der Waals surface area contributed by atoms with Crippen LogP contribution in [0.4, 0.5) is 0 Å². The maximum Gasteiger partial charge on any atom is 0.309 e. The Morgan fingerprint density at radius 3 is 2.74 bits per heavy atom. The van der Waals surface area contributed by atoms with Gasteiger partial charge in [-0.2, -0.15) is 0 Å². The van der Waals surface area contributed by atoms with Crippen molar-refractivity contribution in [1.29, 1.82) is 0 Å². The Kier molecular flexibility index (Phi) is 3.94. The molecule has 0 saturated carbocycles. The molecule has 0 bridgehead atoms. The van der Waals surface area contributed by atoms with Crippen molar-refractivity contribution in [3.05, 3.63) is 17.7 Å². The maximum absolute atomic E-state index is 11.1. The minimum Gasteiger partial charge on any atom is -0.481 e. The first-order valence-electron chi connectivity index (χ1n) is 6.84. The van der Waals surface area contributed by atoms with E-state index in [1.54, 1.807) is 13.8 Å². The molecule has 5 heteroatoms. The minimum atomic E-state index is -0.787. The van der Waals surface area contributed by atoms with E-state index in [1.165, 1.54) is 0 Å². The third-order valence-corrected chi connectivity index (χ3v) is 3.99. The normalized spacial score (nSPS) is 18.7. The van der Waals surface area contributed by atoms with Crippen molar-refractivity contribution in [2.24, 2.45) is 5.41 Å². The summed E-state index contributed by atoms with van der Waals surface area (Å²) >= 11 is 0. The van der Waals surface area contributed by atoms with Gasteiger partial charge in [0.2, 0.25) is 0 Å². The molecule has 1 aromatic rings. The van der Waals surface area contributed by atoms with Crippen molar-refractivity contribution >= 4 is 5.97 Å². The number of hydrogen-bond donors (Lipinski definition) is 2. The largest absolute Gasteiger partial charge is 0.481 e. The maximum atomic E-state index is 11.1. The van der Waals surface area contributed by atoms with Crippen LogP contribution in [0.1, 0.15) is 44.1 Å². The van der Waals surface area contributed by atoms with Gasteiger partial charge in [0.1, 0.15) is 5.82 Å². The standard InChI is InChI=1S/C14H23N3O2/c1-14(2,13(18)19)8-12-15-9-11(16-12)10-4-6-17(3)7-5-10/h9-10H,4-8H2,1-3H3,(H,15,16)(H,18,19). The monoisotopic (exact) mass is 265 g/mol. The molecule has 2 N–H and O–H groups in total. The Labute approximate surface area is 114 Å². The lowest BCUT2D eigenvalue weighted by atomic mass is 9.89. The molecule has 0 unspecified atom stereocenters. The fraction of sp³-hybridized carbons (Fsp3) is 0.714. The van der Waals surface area contributed by atoms with Gasteiger partial charge >= 0.3 is 5.97 Å². The SMILES string of the molecule is CN1CCC(c2cnc(CC(C)(C)C(=O)O)[nH]2)CC1. The van der Waals surface area contributed by atoms with Crippen LogP contribution in [0.2, 0.25) is 0 Å². The Morgan fingerprint density at radius 2 is 2.16 bits per heavy atom. The van der Waals surface area contributed by atoms with Crippen molar-refractivity contribution < 1.29 is 9.90 Å². The van der Waals surface area contributed by atoms with Gasteiger partial charge in [-0.25, -0.2) is 4.98 Å². The molecule has 5 nitrogen and oxygen atoms in total. The first-order valence-corrected chi connectivity index (χ1v) is 6.84. The fourth-order valence-corrected chi connectivity index (χ4v) is 2.49. The van der Waals surface area contributed by atoms with Crippen LogP contribution in [0.3, 0.4) is 0 Å². The van der Waals surface area contributed by atoms with Gasteiger partial charge in [-0.15, -0.1) is 0 Å². The number of aromatic amines is 1. The quantitative estimate of drug-likeness (QED) is 0.872. The summed E-state index contributed by atoms with van der Waals surface area (Å²) in [6, 6.07) is 0. The lowest BCUT2D eigenvalue weighted by Crippen LogP contribution is -2.29. The third-order valence-electron chi connectivity index (χ3n) is 3.99. The first-order chi connectivity index (χ1) is 8.88. The molecule has 19 heavy (non-hydrogen) atoms. The van der Waals surface area contributed by atoms with Gasteiger partial charge in [-0.05, 0) is 46.8 Å². The van der Waals surface area contributed by atoms with Crippen LogP contribution >= 0.6 is 0 Å². The van der Waals surface area contributed by atoms with Gasteiger partial charge in [0.15, 0.2) is 0 Å². The summed E-state index contributed by atoms with van der Waals surface area (Å²) in [6.07, 6.45) is 4.60. The van der Waals surface area contributed by atoms with E-state index in [0.29, 0.717) is 12.3 Å². The Bertz CT molecular complexity index is 445. The average molecular weight is 265 g/mol. The second-order valence-corrected chi connectivity index (χ2v) is 6.23. The van der Waals surface area contributed by atoms with Crippen molar-refractivity contribution in [3.8, 4) is 0 Å². The Morgan fingerprint density at radius 1 is 1.53 bits per heavy atom. The summed E-state index contributed by atoms with van der Waals surface area (Å²) in [5.41, 5.74) is 0.381. The molecule has 0 amide bonds. The number of carbonyl (C=O) groups is 1. The van der Waals surface area contributed by atoms with Crippen molar-refractivity contribution in [2.75, 3.05) is 20.1 Å². The highest BCUT2D eigenvalue weighted by Crippen LogP contribution is 2.27. The number of hydrogen-bond acceptors (Lipinski definition) is 3. The molecule has 1 fully saturated rings. The zero-order valence-electron chi connectivity index (χ0n) is 11.9. The van der Waals surface area contributed by atoms with Crippen LogP contribution in [-0.2, 0) is 11.2 Å². The predicted octanol–water partition coefficient (Wildman–Crippen LogP) is 1.87. The number of carboxylic acids is 1. The molecule has 1 aliphatic rings. The number of imidazole rings is 1. The molecule has 0 spiro atoms. The van der Waals surface area contributed by atoms with Crippen molar-refractivity contribution in [3.63, 3.8) is 0 Å². The van der Waals surface area contributed by atoms with Gasteiger partial charge in [0.05, 0.1) is 5.41 Å². The summed E-state index contributed by atoms with van der Waals surface area (Å²) in [5, 5.41) is 9.14. The van der Waals surface area contributed by atoms with E-state index in [4.69, 9.17) is 5.11 Å². The summed E-state index contributed by atoms with van der Waals surface area (Å²) in [6.45, 7) is 5.68. The zero-order chi connectivity index (χ0) is 14.0. The van der Waals surface area contributed by atoms with Crippen LogP contribution in [-0.4, -0.2) is 46.1 Å². The van der Waals surface area contributed by atoms with Gasteiger partial charge in [0.25, 0.3) is 0 Å². The number of aliphatic carboxylic acids is 1.